The van der Waals surface area contributed by atoms with Crippen molar-refractivity contribution < 1.29 is 9.59 Å². The summed E-state index contributed by atoms with van der Waals surface area (Å²) < 4.78 is 0.949. The van der Waals surface area contributed by atoms with E-state index in [2.05, 4.69) is 80.1 Å². The first kappa shape index (κ1) is 29.6. The lowest BCUT2D eigenvalue weighted by Crippen LogP contribution is -2.51. The fourth-order valence-electron chi connectivity index (χ4n) is 4.37. The highest BCUT2D eigenvalue weighted by Gasteiger charge is 2.30. The zero-order chi connectivity index (χ0) is 27.7. The van der Waals surface area contributed by atoms with Gasteiger partial charge in [0.1, 0.15) is 6.04 Å². The van der Waals surface area contributed by atoms with Crippen molar-refractivity contribution in [1.29, 1.82) is 0 Å². The number of carbonyl (C=O) groups is 2. The normalized spacial score (nSPS) is 12.3. The topological polar surface area (TPSA) is 49.4 Å². The highest BCUT2D eigenvalue weighted by molar-refractivity contribution is 9.10. The van der Waals surface area contributed by atoms with Gasteiger partial charge in [-0.15, -0.1) is 0 Å². The third-order valence-electron chi connectivity index (χ3n) is 6.65. The highest BCUT2D eigenvalue weighted by atomic mass is 79.9. The van der Waals surface area contributed by atoms with Crippen molar-refractivity contribution in [2.45, 2.75) is 71.9 Å². The molecule has 0 spiro atoms. The van der Waals surface area contributed by atoms with Crippen LogP contribution >= 0.6 is 15.9 Å². The summed E-state index contributed by atoms with van der Waals surface area (Å²) >= 11 is 3.55. The molecule has 0 fully saturated rings. The van der Waals surface area contributed by atoms with Crippen molar-refractivity contribution in [2.75, 3.05) is 6.54 Å². The summed E-state index contributed by atoms with van der Waals surface area (Å²) in [5.41, 5.74) is 4.49. The lowest BCUT2D eigenvalue weighted by molar-refractivity contribution is -0.141. The molecular formula is C33H41BrN2O2. The Labute approximate surface area is 237 Å². The van der Waals surface area contributed by atoms with Gasteiger partial charge in [-0.25, -0.2) is 0 Å². The zero-order valence-corrected chi connectivity index (χ0v) is 24.9. The molecule has 3 aromatic carbocycles. The van der Waals surface area contributed by atoms with Gasteiger partial charge in [-0.05, 0) is 52.1 Å². The van der Waals surface area contributed by atoms with Crippen molar-refractivity contribution in [3.05, 3.63) is 106 Å². The van der Waals surface area contributed by atoms with Gasteiger partial charge < -0.3 is 10.2 Å². The van der Waals surface area contributed by atoms with E-state index in [4.69, 9.17) is 0 Å². The van der Waals surface area contributed by atoms with Crippen LogP contribution in [0.15, 0.2) is 83.3 Å². The Bertz CT molecular complexity index is 1180. The summed E-state index contributed by atoms with van der Waals surface area (Å²) in [4.78, 5) is 29.2. The summed E-state index contributed by atoms with van der Waals surface area (Å²) in [5.74, 6) is 0.188. The molecule has 1 N–H and O–H groups in total. The second-order valence-electron chi connectivity index (χ2n) is 11.4. The summed E-state index contributed by atoms with van der Waals surface area (Å²) in [7, 11) is 0. The van der Waals surface area contributed by atoms with E-state index in [1.807, 2.05) is 54.6 Å². The minimum Gasteiger partial charge on any atom is -0.354 e. The molecule has 0 aliphatic rings. The molecule has 202 valence electrons. The average molecular weight is 578 g/mol. The minimum absolute atomic E-state index is 0.0227. The Morgan fingerprint density at radius 1 is 0.868 bits per heavy atom. The number of halogens is 1. The van der Waals surface area contributed by atoms with Crippen LogP contribution in [0.5, 0.6) is 0 Å². The molecule has 0 aliphatic heterocycles. The van der Waals surface area contributed by atoms with E-state index < -0.39 is 6.04 Å². The number of amides is 2. The van der Waals surface area contributed by atoms with Gasteiger partial charge in [-0.2, -0.15) is 0 Å². The van der Waals surface area contributed by atoms with Crippen molar-refractivity contribution in [3.63, 3.8) is 0 Å². The fraction of sp³-hybridized carbons (Fsp3) is 0.394. The third-order valence-corrected chi connectivity index (χ3v) is 7.14. The van der Waals surface area contributed by atoms with E-state index in [0.29, 0.717) is 38.3 Å². The molecule has 3 aromatic rings. The predicted octanol–water partition coefficient (Wildman–Crippen LogP) is 7.09. The number of hydrogen-bond acceptors (Lipinski definition) is 2. The molecule has 5 heteroatoms. The monoisotopic (exact) mass is 576 g/mol. The van der Waals surface area contributed by atoms with Gasteiger partial charge in [-0.3, -0.25) is 9.59 Å². The smallest absolute Gasteiger partial charge is 0.243 e. The zero-order valence-electron chi connectivity index (χ0n) is 23.3. The maximum Gasteiger partial charge on any atom is 0.243 e. The van der Waals surface area contributed by atoms with Crippen LogP contribution in [0.3, 0.4) is 0 Å². The molecule has 0 aromatic heterocycles. The SMILES string of the molecule is CC(C)CNC(=O)[C@H](Cc1ccccc1)N(Cc1cccc(Br)c1)C(=O)CCc1ccc(C(C)(C)C)cc1. The Morgan fingerprint density at radius 2 is 1.53 bits per heavy atom. The summed E-state index contributed by atoms with van der Waals surface area (Å²) in [6, 6.07) is 25.8. The Balaban J connectivity index is 1.87. The average Bonchev–Trinajstić information content (AvgIpc) is 2.88. The quantitative estimate of drug-likeness (QED) is 0.265. The summed E-state index contributed by atoms with van der Waals surface area (Å²) in [6.45, 7) is 11.7. The molecule has 3 rings (SSSR count). The molecule has 0 aliphatic carbocycles. The summed E-state index contributed by atoms with van der Waals surface area (Å²) in [5, 5.41) is 3.09. The highest BCUT2D eigenvalue weighted by Crippen LogP contribution is 2.23. The van der Waals surface area contributed by atoms with Gasteiger partial charge in [0, 0.05) is 30.4 Å². The standard InChI is InChI=1S/C33H41BrN2O2/c1-24(2)22-35-32(38)30(21-26-10-7-6-8-11-26)36(23-27-12-9-13-29(34)20-27)31(37)19-16-25-14-17-28(18-15-25)33(3,4)5/h6-15,17-18,20,24,30H,16,19,21-23H2,1-5H3,(H,35,38)/t30-/m0/s1. The first-order chi connectivity index (χ1) is 18.0. The van der Waals surface area contributed by atoms with Crippen LogP contribution in [-0.4, -0.2) is 29.3 Å². The Morgan fingerprint density at radius 3 is 2.13 bits per heavy atom. The summed E-state index contributed by atoms with van der Waals surface area (Å²) in [6.07, 6.45) is 1.43. The van der Waals surface area contributed by atoms with Gasteiger partial charge >= 0.3 is 0 Å². The van der Waals surface area contributed by atoms with E-state index in [1.54, 1.807) is 4.90 Å². The predicted molar refractivity (Wildman–Crippen MR) is 160 cm³/mol. The largest absolute Gasteiger partial charge is 0.354 e. The van der Waals surface area contributed by atoms with Crippen LogP contribution in [0.1, 0.15) is 63.3 Å². The van der Waals surface area contributed by atoms with Gasteiger partial charge in [0.2, 0.25) is 11.8 Å². The van der Waals surface area contributed by atoms with Crippen molar-refractivity contribution in [3.8, 4) is 0 Å². The van der Waals surface area contributed by atoms with Crippen LogP contribution in [0.25, 0.3) is 0 Å². The van der Waals surface area contributed by atoms with E-state index in [9.17, 15) is 9.59 Å². The lowest BCUT2D eigenvalue weighted by atomic mass is 9.86. The molecule has 0 saturated carbocycles. The van der Waals surface area contributed by atoms with Crippen molar-refractivity contribution in [2.24, 2.45) is 5.92 Å². The van der Waals surface area contributed by atoms with Crippen LogP contribution in [-0.2, 0) is 34.4 Å². The molecule has 0 saturated heterocycles. The van der Waals surface area contributed by atoms with Crippen LogP contribution in [0, 0.1) is 5.92 Å². The van der Waals surface area contributed by atoms with Gasteiger partial charge in [0.25, 0.3) is 0 Å². The molecule has 0 bridgehead atoms. The molecule has 0 heterocycles. The van der Waals surface area contributed by atoms with Crippen molar-refractivity contribution in [1.82, 2.24) is 10.2 Å². The van der Waals surface area contributed by atoms with Gasteiger partial charge in [0.05, 0.1) is 0 Å². The van der Waals surface area contributed by atoms with Crippen molar-refractivity contribution >= 4 is 27.7 Å². The number of rotatable bonds is 11. The second kappa shape index (κ2) is 13.7. The molecule has 0 radical (unpaired) electrons. The number of carbonyl (C=O) groups excluding carboxylic acids is 2. The number of hydrogen-bond donors (Lipinski definition) is 1. The number of nitrogens with zero attached hydrogens (tertiary/aromatic N) is 1. The molecule has 38 heavy (non-hydrogen) atoms. The van der Waals surface area contributed by atoms with Gasteiger partial charge in [-0.1, -0.05) is 117 Å². The number of nitrogens with one attached hydrogen (secondary N) is 1. The lowest BCUT2D eigenvalue weighted by Gasteiger charge is -2.32. The maximum atomic E-state index is 13.8. The third kappa shape index (κ3) is 9.13. The maximum absolute atomic E-state index is 13.8. The molecule has 4 nitrogen and oxygen atoms in total. The fourth-order valence-corrected chi connectivity index (χ4v) is 4.82. The van der Waals surface area contributed by atoms with Gasteiger partial charge in [0.15, 0.2) is 0 Å². The minimum atomic E-state index is -0.606. The number of aryl methyl sites for hydroxylation is 1. The van der Waals surface area contributed by atoms with Crippen LogP contribution in [0.2, 0.25) is 0 Å². The molecule has 0 unspecified atom stereocenters. The first-order valence-corrected chi connectivity index (χ1v) is 14.3. The Hall–Kier alpha value is -2.92. The molecular weight excluding hydrogens is 536 g/mol. The van der Waals surface area contributed by atoms with E-state index in [0.717, 1.165) is 21.2 Å². The second-order valence-corrected chi connectivity index (χ2v) is 12.4. The van der Waals surface area contributed by atoms with E-state index in [1.165, 1.54) is 5.56 Å². The van der Waals surface area contributed by atoms with Crippen LogP contribution < -0.4 is 5.32 Å². The first-order valence-electron chi connectivity index (χ1n) is 13.5. The van der Waals surface area contributed by atoms with Crippen LogP contribution in [0.4, 0.5) is 0 Å². The molecule has 2 amide bonds. The molecule has 1 atom stereocenters. The Kier molecular flexibility index (Phi) is 10.7. The number of benzene rings is 3. The van der Waals surface area contributed by atoms with E-state index >= 15 is 0 Å². The van der Waals surface area contributed by atoms with E-state index in [-0.39, 0.29) is 17.2 Å².